The van der Waals surface area contributed by atoms with Crippen molar-refractivity contribution >= 4 is 34.1 Å². The summed E-state index contributed by atoms with van der Waals surface area (Å²) in [6.45, 7) is 1.17. The largest absolute Gasteiger partial charge is 0.435 e. The van der Waals surface area contributed by atoms with E-state index >= 15 is 0 Å². The molecule has 1 aromatic carbocycles. The van der Waals surface area contributed by atoms with E-state index in [9.17, 15) is 31.9 Å². The summed E-state index contributed by atoms with van der Waals surface area (Å²) in [5.74, 6) is -4.92. The zero-order valence-electron chi connectivity index (χ0n) is 13.1. The molecular weight excluding hydrogens is 378 g/mol. The van der Waals surface area contributed by atoms with Gasteiger partial charge in [0.15, 0.2) is 10.8 Å². The van der Waals surface area contributed by atoms with Crippen LogP contribution in [0.25, 0.3) is 0 Å². The molecule has 11 heteroatoms. The molecule has 0 aliphatic carbocycles. The Hall–Kier alpha value is -2.82. The molecule has 26 heavy (non-hydrogen) atoms. The second-order valence-electron chi connectivity index (χ2n) is 5.14. The maximum Gasteiger partial charge on any atom is 0.435 e. The van der Waals surface area contributed by atoms with Gasteiger partial charge >= 0.3 is 6.18 Å². The normalized spacial score (nSPS) is 12.5. The lowest BCUT2D eigenvalue weighted by Crippen LogP contribution is -2.32. The first-order valence-electron chi connectivity index (χ1n) is 6.99. The highest BCUT2D eigenvalue weighted by Gasteiger charge is 2.40. The Morgan fingerprint density at radius 3 is 2.27 bits per heavy atom. The van der Waals surface area contributed by atoms with Crippen LogP contribution in [-0.4, -0.2) is 22.6 Å². The molecule has 0 spiro atoms. The van der Waals surface area contributed by atoms with Crippen LogP contribution in [0.15, 0.2) is 24.3 Å². The van der Waals surface area contributed by atoms with Crippen molar-refractivity contribution in [1.82, 2.24) is 4.98 Å². The molecule has 2 rings (SSSR count). The highest BCUT2D eigenvalue weighted by atomic mass is 32.1. The van der Waals surface area contributed by atoms with E-state index in [2.05, 4.69) is 4.98 Å². The quantitative estimate of drug-likeness (QED) is 0.466. The Kier molecular flexibility index (Phi) is 5.40. The standard InChI is InChI=1S/C15H11F4N3O3S/c1-6(12(20)24)13(25)22-14-21-11(15(17,18)19)10(26-14)9(23)7-2-4-8(16)5-3-7/h2-6H,1H3,(H2,20,24)(H,21,22,25). The Morgan fingerprint density at radius 2 is 1.77 bits per heavy atom. The van der Waals surface area contributed by atoms with Gasteiger partial charge in [0.2, 0.25) is 17.6 Å². The van der Waals surface area contributed by atoms with E-state index in [-0.39, 0.29) is 5.56 Å². The van der Waals surface area contributed by atoms with Crippen molar-refractivity contribution in [3.63, 3.8) is 0 Å². The molecule has 0 aliphatic rings. The summed E-state index contributed by atoms with van der Waals surface area (Å²) in [5.41, 5.74) is 3.29. The first-order valence-corrected chi connectivity index (χ1v) is 7.81. The number of nitrogens with one attached hydrogen (secondary N) is 1. The van der Waals surface area contributed by atoms with Gasteiger partial charge in [-0.05, 0) is 31.2 Å². The van der Waals surface area contributed by atoms with E-state index in [1.807, 2.05) is 5.32 Å². The van der Waals surface area contributed by atoms with Gasteiger partial charge in [-0.25, -0.2) is 9.37 Å². The predicted molar refractivity (Wildman–Crippen MR) is 83.9 cm³/mol. The van der Waals surface area contributed by atoms with Crippen LogP contribution in [0.4, 0.5) is 22.7 Å². The summed E-state index contributed by atoms with van der Waals surface area (Å²) in [5, 5.41) is 1.51. The van der Waals surface area contributed by atoms with E-state index in [0.29, 0.717) is 11.3 Å². The van der Waals surface area contributed by atoms with Crippen LogP contribution in [0.3, 0.4) is 0 Å². The molecule has 0 fully saturated rings. The number of hydrogen-bond acceptors (Lipinski definition) is 5. The van der Waals surface area contributed by atoms with Crippen molar-refractivity contribution in [1.29, 1.82) is 0 Å². The number of aromatic nitrogens is 1. The van der Waals surface area contributed by atoms with E-state index < -0.39 is 51.2 Å². The molecule has 1 unspecified atom stereocenters. The van der Waals surface area contributed by atoms with Crippen LogP contribution in [0.1, 0.15) is 27.9 Å². The molecule has 6 nitrogen and oxygen atoms in total. The topological polar surface area (TPSA) is 102 Å². The van der Waals surface area contributed by atoms with Gasteiger partial charge in [0.1, 0.15) is 16.6 Å². The fourth-order valence-corrected chi connectivity index (χ4v) is 2.75. The number of rotatable bonds is 5. The zero-order chi connectivity index (χ0) is 19.6. The molecule has 2 amide bonds. The van der Waals surface area contributed by atoms with E-state index in [4.69, 9.17) is 5.73 Å². The molecule has 138 valence electrons. The highest BCUT2D eigenvalue weighted by Crippen LogP contribution is 2.37. The number of anilines is 1. The van der Waals surface area contributed by atoms with Gasteiger partial charge in [-0.3, -0.25) is 14.4 Å². The Bertz CT molecular complexity index is 862. The second-order valence-corrected chi connectivity index (χ2v) is 6.14. The first kappa shape index (κ1) is 19.5. The number of carbonyl (C=O) groups is 3. The number of nitrogens with zero attached hydrogens (tertiary/aromatic N) is 1. The van der Waals surface area contributed by atoms with Crippen molar-refractivity contribution in [3.8, 4) is 0 Å². The lowest BCUT2D eigenvalue weighted by molar-refractivity contribution is -0.141. The minimum Gasteiger partial charge on any atom is -0.369 e. The van der Waals surface area contributed by atoms with Crippen molar-refractivity contribution in [2.24, 2.45) is 11.7 Å². The molecule has 0 aliphatic heterocycles. The number of primary amides is 1. The third-order valence-electron chi connectivity index (χ3n) is 3.26. The molecule has 0 saturated heterocycles. The number of hydrogen-bond donors (Lipinski definition) is 2. The van der Waals surface area contributed by atoms with Gasteiger partial charge in [0.05, 0.1) is 0 Å². The van der Waals surface area contributed by atoms with Crippen LogP contribution >= 0.6 is 11.3 Å². The second kappa shape index (κ2) is 7.20. The fraction of sp³-hybridized carbons (Fsp3) is 0.200. The summed E-state index contributed by atoms with van der Waals surface area (Å²) in [6.07, 6.45) is -4.96. The Morgan fingerprint density at radius 1 is 1.19 bits per heavy atom. The number of benzene rings is 1. The molecule has 2 aromatic rings. The van der Waals surface area contributed by atoms with E-state index in [1.165, 1.54) is 6.92 Å². The summed E-state index contributed by atoms with van der Waals surface area (Å²) in [4.78, 5) is 37.5. The van der Waals surface area contributed by atoms with Gasteiger partial charge < -0.3 is 11.1 Å². The molecule has 0 radical (unpaired) electrons. The molecule has 1 atom stereocenters. The number of amides is 2. The average molecular weight is 389 g/mol. The van der Waals surface area contributed by atoms with Crippen molar-refractivity contribution in [2.45, 2.75) is 13.1 Å². The zero-order valence-corrected chi connectivity index (χ0v) is 13.9. The molecule has 0 bridgehead atoms. The van der Waals surface area contributed by atoms with Crippen LogP contribution in [-0.2, 0) is 15.8 Å². The maximum absolute atomic E-state index is 13.2. The third-order valence-corrected chi connectivity index (χ3v) is 4.23. The summed E-state index contributed by atoms with van der Waals surface area (Å²) in [7, 11) is 0. The van der Waals surface area contributed by atoms with Crippen LogP contribution < -0.4 is 11.1 Å². The highest BCUT2D eigenvalue weighted by molar-refractivity contribution is 7.18. The van der Waals surface area contributed by atoms with Gasteiger partial charge in [-0.1, -0.05) is 11.3 Å². The third kappa shape index (κ3) is 4.23. The van der Waals surface area contributed by atoms with Gasteiger partial charge in [-0.2, -0.15) is 13.2 Å². The van der Waals surface area contributed by atoms with Gasteiger partial charge in [0, 0.05) is 5.56 Å². The first-order chi connectivity index (χ1) is 12.0. The van der Waals surface area contributed by atoms with E-state index in [0.717, 1.165) is 24.3 Å². The number of carbonyl (C=O) groups excluding carboxylic acids is 3. The molecule has 0 saturated carbocycles. The lowest BCUT2D eigenvalue weighted by Gasteiger charge is -2.06. The van der Waals surface area contributed by atoms with Gasteiger partial charge in [0.25, 0.3) is 0 Å². The number of ketones is 1. The number of alkyl halides is 3. The summed E-state index contributed by atoms with van der Waals surface area (Å²) >= 11 is 0.293. The van der Waals surface area contributed by atoms with Crippen LogP contribution in [0.2, 0.25) is 0 Å². The predicted octanol–water partition coefficient (Wildman–Crippen LogP) is 2.59. The summed E-state index contributed by atoms with van der Waals surface area (Å²) in [6, 6.07) is 3.92. The molecule has 1 heterocycles. The number of halogens is 4. The SMILES string of the molecule is CC(C(N)=O)C(=O)Nc1nc(C(F)(F)F)c(C(=O)c2ccc(F)cc2)s1. The fourth-order valence-electron chi connectivity index (χ4n) is 1.79. The molecular formula is C15H11F4N3O3S. The monoisotopic (exact) mass is 389 g/mol. The van der Waals surface area contributed by atoms with E-state index in [1.54, 1.807) is 0 Å². The number of thiazole rings is 1. The van der Waals surface area contributed by atoms with Crippen LogP contribution in [0, 0.1) is 11.7 Å². The van der Waals surface area contributed by atoms with Crippen molar-refractivity contribution < 1.29 is 31.9 Å². The minimum atomic E-state index is -4.96. The average Bonchev–Trinajstić information content (AvgIpc) is 2.98. The van der Waals surface area contributed by atoms with Gasteiger partial charge in [-0.15, -0.1) is 0 Å². The molecule has 3 N–H and O–H groups in total. The Labute approximate surface area is 148 Å². The Balaban J connectivity index is 2.40. The number of nitrogens with two attached hydrogens (primary N) is 1. The lowest BCUT2D eigenvalue weighted by atomic mass is 10.1. The molecule has 1 aromatic heterocycles. The smallest absolute Gasteiger partial charge is 0.369 e. The summed E-state index contributed by atoms with van der Waals surface area (Å²) < 4.78 is 52.4. The van der Waals surface area contributed by atoms with Crippen molar-refractivity contribution in [2.75, 3.05) is 5.32 Å². The van der Waals surface area contributed by atoms with Crippen molar-refractivity contribution in [3.05, 3.63) is 46.2 Å². The maximum atomic E-state index is 13.2. The van der Waals surface area contributed by atoms with Crippen LogP contribution in [0.5, 0.6) is 0 Å². The minimum absolute atomic E-state index is 0.177.